The lowest BCUT2D eigenvalue weighted by molar-refractivity contribution is -0.145. The quantitative estimate of drug-likeness (QED) is 0.636. The monoisotopic (exact) mass is 357 g/mol. The number of rotatable bonds is 6. The Bertz CT molecular complexity index is 774. The first kappa shape index (κ1) is 18.7. The van der Waals surface area contributed by atoms with Gasteiger partial charge in [0.25, 0.3) is 11.8 Å². The molecule has 25 heavy (non-hydrogen) atoms. The van der Waals surface area contributed by atoms with Gasteiger partial charge in [-0.25, -0.2) is 0 Å². The van der Waals surface area contributed by atoms with Crippen LogP contribution in [-0.2, 0) is 14.3 Å². The number of aryl methyl sites for hydroxylation is 2. The van der Waals surface area contributed by atoms with Gasteiger partial charge in [-0.1, -0.05) is 24.3 Å². The Hall–Kier alpha value is -2.60. The molecule has 6 heteroatoms. The van der Waals surface area contributed by atoms with Crippen molar-refractivity contribution in [2.45, 2.75) is 18.7 Å². The minimum Gasteiger partial charge on any atom is -0.455 e. The summed E-state index contributed by atoms with van der Waals surface area (Å²) >= 11 is 1.34. The molecule has 0 aromatic heterocycles. The normalized spacial score (nSPS) is 10.2. The molecule has 2 aromatic carbocycles. The van der Waals surface area contributed by atoms with Crippen molar-refractivity contribution in [1.29, 1.82) is 0 Å². The molecule has 0 aliphatic rings. The van der Waals surface area contributed by atoms with E-state index >= 15 is 0 Å². The molecule has 0 heterocycles. The minimum atomic E-state index is -0.654. The van der Waals surface area contributed by atoms with E-state index in [0.717, 1.165) is 10.5 Å². The van der Waals surface area contributed by atoms with E-state index in [4.69, 9.17) is 4.74 Å². The molecule has 0 atom stereocenters. The summed E-state index contributed by atoms with van der Waals surface area (Å²) in [4.78, 5) is 36.1. The number of imide groups is 1. The first-order valence-electron chi connectivity index (χ1n) is 7.70. The number of thioether (sulfide) groups is 1. The number of nitrogens with one attached hydrogen (secondary N) is 1. The lowest BCUT2D eigenvalue weighted by Gasteiger charge is -2.07. The van der Waals surface area contributed by atoms with Gasteiger partial charge in [0.15, 0.2) is 6.61 Å². The smallest absolute Gasteiger partial charge is 0.316 e. The third-order valence-corrected chi connectivity index (χ3v) is 4.46. The summed E-state index contributed by atoms with van der Waals surface area (Å²) in [5.41, 5.74) is 2.70. The second-order valence-electron chi connectivity index (χ2n) is 5.44. The van der Waals surface area contributed by atoms with Gasteiger partial charge in [-0.2, -0.15) is 0 Å². The molecule has 2 amide bonds. The van der Waals surface area contributed by atoms with Crippen LogP contribution in [0.15, 0.2) is 53.4 Å². The largest absolute Gasteiger partial charge is 0.455 e. The second kappa shape index (κ2) is 9.03. The molecule has 5 nitrogen and oxygen atoms in total. The summed E-state index contributed by atoms with van der Waals surface area (Å²) in [6.07, 6.45) is 0. The number of amides is 2. The molecule has 0 aliphatic heterocycles. The zero-order valence-electron chi connectivity index (χ0n) is 14.1. The molecule has 1 N–H and O–H groups in total. The van der Waals surface area contributed by atoms with Crippen LogP contribution in [0.5, 0.6) is 0 Å². The number of ether oxygens (including phenoxy) is 1. The van der Waals surface area contributed by atoms with Gasteiger partial charge in [0.2, 0.25) is 0 Å². The number of carbonyl (C=O) groups excluding carboxylic acids is 3. The second-order valence-corrected chi connectivity index (χ2v) is 6.49. The Morgan fingerprint density at radius 3 is 2.40 bits per heavy atom. The van der Waals surface area contributed by atoms with Gasteiger partial charge >= 0.3 is 5.97 Å². The number of hydrogen-bond donors (Lipinski definition) is 1. The van der Waals surface area contributed by atoms with Crippen LogP contribution in [0.4, 0.5) is 0 Å². The zero-order chi connectivity index (χ0) is 18.2. The minimum absolute atomic E-state index is 0.0996. The molecule has 0 unspecified atom stereocenters. The van der Waals surface area contributed by atoms with Gasteiger partial charge in [0.1, 0.15) is 0 Å². The highest BCUT2D eigenvalue weighted by molar-refractivity contribution is 8.00. The van der Waals surface area contributed by atoms with Gasteiger partial charge in [-0.05, 0) is 49.2 Å². The Balaban J connectivity index is 1.73. The molecule has 0 aliphatic carbocycles. The SMILES string of the molecule is Cc1ccc(SCC(=O)OCC(=O)NC(=O)c2ccccc2)cc1C. The highest BCUT2D eigenvalue weighted by atomic mass is 32.2. The highest BCUT2D eigenvalue weighted by Crippen LogP contribution is 2.21. The molecular formula is C19H19NO4S. The number of hydrogen-bond acceptors (Lipinski definition) is 5. The van der Waals surface area contributed by atoms with Crippen molar-refractivity contribution >= 4 is 29.5 Å². The standard InChI is InChI=1S/C19H19NO4S/c1-13-8-9-16(10-14(13)2)25-12-18(22)24-11-17(21)20-19(23)15-6-4-3-5-7-15/h3-10H,11-12H2,1-2H3,(H,20,21,23). The van der Waals surface area contributed by atoms with E-state index in [1.165, 1.54) is 17.3 Å². The molecule has 2 aromatic rings. The van der Waals surface area contributed by atoms with E-state index in [1.807, 2.05) is 32.0 Å². The first-order chi connectivity index (χ1) is 12.0. The summed E-state index contributed by atoms with van der Waals surface area (Å²) in [5, 5.41) is 2.18. The molecule has 0 bridgehead atoms. The van der Waals surface area contributed by atoms with Gasteiger partial charge in [-0.3, -0.25) is 19.7 Å². The van der Waals surface area contributed by atoms with Crippen LogP contribution in [0.3, 0.4) is 0 Å². The molecule has 130 valence electrons. The summed E-state index contributed by atoms with van der Waals surface area (Å²) < 4.78 is 4.89. The van der Waals surface area contributed by atoms with Crippen molar-refractivity contribution in [3.05, 3.63) is 65.2 Å². The zero-order valence-corrected chi connectivity index (χ0v) is 14.9. The summed E-state index contributed by atoms with van der Waals surface area (Å²) in [5.74, 6) is -1.59. The Morgan fingerprint density at radius 2 is 1.72 bits per heavy atom. The fourth-order valence-electron chi connectivity index (χ4n) is 1.96. The van der Waals surface area contributed by atoms with Gasteiger partial charge in [0.05, 0.1) is 5.75 Å². The van der Waals surface area contributed by atoms with Crippen LogP contribution >= 0.6 is 11.8 Å². The number of esters is 1. The van der Waals surface area contributed by atoms with Crippen LogP contribution in [0.1, 0.15) is 21.5 Å². The predicted octanol–water partition coefficient (Wildman–Crippen LogP) is 2.90. The van der Waals surface area contributed by atoms with E-state index in [0.29, 0.717) is 5.56 Å². The van der Waals surface area contributed by atoms with Gasteiger partial charge < -0.3 is 4.74 Å². The summed E-state index contributed by atoms with van der Waals surface area (Å²) in [7, 11) is 0. The maximum Gasteiger partial charge on any atom is 0.316 e. The lowest BCUT2D eigenvalue weighted by atomic mass is 10.1. The summed E-state index contributed by atoms with van der Waals surface area (Å²) in [6, 6.07) is 14.3. The fourth-order valence-corrected chi connectivity index (χ4v) is 2.75. The third kappa shape index (κ3) is 6.08. The molecule has 0 radical (unpaired) electrons. The van der Waals surface area contributed by atoms with Crippen LogP contribution in [0.2, 0.25) is 0 Å². The van der Waals surface area contributed by atoms with Crippen molar-refractivity contribution in [1.82, 2.24) is 5.32 Å². The van der Waals surface area contributed by atoms with Crippen molar-refractivity contribution < 1.29 is 19.1 Å². The number of benzene rings is 2. The van der Waals surface area contributed by atoms with Crippen LogP contribution < -0.4 is 5.32 Å². The van der Waals surface area contributed by atoms with Crippen LogP contribution in [0, 0.1) is 13.8 Å². The highest BCUT2D eigenvalue weighted by Gasteiger charge is 2.12. The van der Waals surface area contributed by atoms with Crippen LogP contribution in [0.25, 0.3) is 0 Å². The van der Waals surface area contributed by atoms with Crippen molar-refractivity contribution in [3.63, 3.8) is 0 Å². The maximum atomic E-state index is 11.8. The van der Waals surface area contributed by atoms with E-state index in [9.17, 15) is 14.4 Å². The Morgan fingerprint density at radius 1 is 1.00 bits per heavy atom. The summed E-state index contributed by atoms with van der Waals surface area (Å²) in [6.45, 7) is 3.55. The molecule has 0 fully saturated rings. The number of carbonyl (C=O) groups is 3. The molecule has 2 rings (SSSR count). The molecule has 0 saturated heterocycles. The average Bonchev–Trinajstić information content (AvgIpc) is 2.61. The van der Waals surface area contributed by atoms with Crippen molar-refractivity contribution in [2.75, 3.05) is 12.4 Å². The van der Waals surface area contributed by atoms with E-state index in [1.54, 1.807) is 30.3 Å². The predicted molar refractivity (Wildman–Crippen MR) is 96.5 cm³/mol. The molecular weight excluding hydrogens is 338 g/mol. The fraction of sp³-hybridized carbons (Fsp3) is 0.211. The van der Waals surface area contributed by atoms with Crippen molar-refractivity contribution in [3.8, 4) is 0 Å². The lowest BCUT2D eigenvalue weighted by Crippen LogP contribution is -2.34. The van der Waals surface area contributed by atoms with Gasteiger partial charge in [0, 0.05) is 10.5 Å². The molecule has 0 saturated carbocycles. The van der Waals surface area contributed by atoms with Crippen LogP contribution in [-0.4, -0.2) is 30.1 Å². The first-order valence-corrected chi connectivity index (χ1v) is 8.69. The van der Waals surface area contributed by atoms with Gasteiger partial charge in [-0.15, -0.1) is 11.8 Å². The Kier molecular flexibility index (Phi) is 6.77. The molecule has 0 spiro atoms. The third-order valence-electron chi connectivity index (χ3n) is 3.49. The van der Waals surface area contributed by atoms with E-state index in [2.05, 4.69) is 5.32 Å². The maximum absolute atomic E-state index is 11.8. The Labute approximate surface area is 150 Å². The van der Waals surface area contributed by atoms with E-state index < -0.39 is 24.4 Å². The van der Waals surface area contributed by atoms with E-state index in [-0.39, 0.29) is 5.75 Å². The topological polar surface area (TPSA) is 72.5 Å². The van der Waals surface area contributed by atoms with Crippen molar-refractivity contribution in [2.24, 2.45) is 0 Å². The average molecular weight is 357 g/mol.